The maximum absolute atomic E-state index is 12.2. The highest BCUT2D eigenvalue weighted by Gasteiger charge is 2.32. The molecule has 0 unspecified atom stereocenters. The van der Waals surface area contributed by atoms with Gasteiger partial charge in [-0.1, -0.05) is 35.3 Å². The van der Waals surface area contributed by atoms with Gasteiger partial charge in [0.1, 0.15) is 5.75 Å². The van der Waals surface area contributed by atoms with Crippen molar-refractivity contribution < 1.29 is 22.8 Å². The molecule has 0 aliphatic carbocycles. The number of hydrogen-bond acceptors (Lipinski definition) is 3. The summed E-state index contributed by atoms with van der Waals surface area (Å²) in [5.41, 5.74) is -0.308. The lowest BCUT2D eigenvalue weighted by molar-refractivity contribution is -0.384. The average molecular weight is 352 g/mol. The fourth-order valence-corrected chi connectivity index (χ4v) is 2.20. The van der Waals surface area contributed by atoms with Gasteiger partial charge in [-0.2, -0.15) is 0 Å². The zero-order valence-corrected chi connectivity index (χ0v) is 12.0. The van der Waals surface area contributed by atoms with Crippen LogP contribution in [0.3, 0.4) is 0 Å². The normalized spacial score (nSPS) is 11.3. The van der Waals surface area contributed by atoms with Crippen molar-refractivity contribution in [1.29, 1.82) is 0 Å². The van der Waals surface area contributed by atoms with Crippen molar-refractivity contribution in [3.8, 4) is 16.9 Å². The molecule has 0 aliphatic heterocycles. The largest absolute Gasteiger partial charge is 0.573 e. The van der Waals surface area contributed by atoms with Gasteiger partial charge in [-0.3, -0.25) is 10.1 Å². The summed E-state index contributed by atoms with van der Waals surface area (Å²) in [4.78, 5) is 10.3. The van der Waals surface area contributed by atoms with Crippen molar-refractivity contribution in [3.05, 3.63) is 56.6 Å². The van der Waals surface area contributed by atoms with Crippen LogP contribution in [-0.4, -0.2) is 11.3 Å². The third-order valence-corrected chi connectivity index (χ3v) is 3.46. The van der Waals surface area contributed by atoms with Crippen molar-refractivity contribution in [1.82, 2.24) is 0 Å². The van der Waals surface area contributed by atoms with Crippen molar-refractivity contribution in [2.45, 2.75) is 6.36 Å². The number of halogens is 5. The third-order valence-electron chi connectivity index (χ3n) is 2.64. The third kappa shape index (κ3) is 3.61. The Morgan fingerprint density at radius 2 is 1.77 bits per heavy atom. The topological polar surface area (TPSA) is 52.4 Å². The van der Waals surface area contributed by atoms with Crippen molar-refractivity contribution >= 4 is 28.9 Å². The second kappa shape index (κ2) is 6.02. The van der Waals surface area contributed by atoms with Crippen LogP contribution in [0.1, 0.15) is 0 Å². The number of alkyl halides is 3. The lowest BCUT2D eigenvalue weighted by Crippen LogP contribution is -2.17. The van der Waals surface area contributed by atoms with E-state index in [1.54, 1.807) is 0 Å². The van der Waals surface area contributed by atoms with Gasteiger partial charge in [0.15, 0.2) is 0 Å². The predicted molar refractivity (Wildman–Crippen MR) is 75.2 cm³/mol. The van der Waals surface area contributed by atoms with E-state index in [1.807, 2.05) is 0 Å². The molecule has 0 fully saturated rings. The predicted octanol–water partition coefficient (Wildman–Crippen LogP) is 5.47. The number of benzene rings is 2. The molecule has 22 heavy (non-hydrogen) atoms. The van der Waals surface area contributed by atoms with Gasteiger partial charge in [-0.15, -0.1) is 13.2 Å². The summed E-state index contributed by atoms with van der Waals surface area (Å²) in [7, 11) is 0. The summed E-state index contributed by atoms with van der Waals surface area (Å²) >= 11 is 11.8. The van der Waals surface area contributed by atoms with Gasteiger partial charge in [0.25, 0.3) is 5.69 Å². The molecule has 0 amide bonds. The molecule has 0 heterocycles. The molecule has 0 atom stereocenters. The van der Waals surface area contributed by atoms with E-state index in [9.17, 15) is 23.3 Å². The standard InChI is InChI=1S/C13H6Cl2F3NO3/c14-10-3-1-2-9(12(10)15)8-5-4-7(22-13(16,17)18)6-11(8)19(20)21/h1-6H. The van der Waals surface area contributed by atoms with E-state index in [0.29, 0.717) is 6.07 Å². The van der Waals surface area contributed by atoms with Crippen LogP contribution >= 0.6 is 23.2 Å². The SMILES string of the molecule is O=[N+]([O-])c1cc(OC(F)(F)F)ccc1-c1cccc(Cl)c1Cl. The molecular weight excluding hydrogens is 346 g/mol. The van der Waals surface area contributed by atoms with Crippen LogP contribution in [0.15, 0.2) is 36.4 Å². The van der Waals surface area contributed by atoms with Crippen molar-refractivity contribution in [2.24, 2.45) is 0 Å². The molecule has 0 saturated heterocycles. The smallest absolute Gasteiger partial charge is 0.406 e. The Morgan fingerprint density at radius 3 is 2.36 bits per heavy atom. The van der Waals surface area contributed by atoms with E-state index in [0.717, 1.165) is 12.1 Å². The maximum atomic E-state index is 12.2. The minimum absolute atomic E-state index is 0.0343. The molecule has 116 valence electrons. The van der Waals surface area contributed by atoms with E-state index in [4.69, 9.17) is 23.2 Å². The first-order valence-electron chi connectivity index (χ1n) is 5.67. The van der Waals surface area contributed by atoms with Crippen molar-refractivity contribution in [2.75, 3.05) is 0 Å². The summed E-state index contributed by atoms with van der Waals surface area (Å²) < 4.78 is 40.2. The number of nitro benzene ring substituents is 1. The highest BCUT2D eigenvalue weighted by molar-refractivity contribution is 6.43. The zero-order chi connectivity index (χ0) is 16.5. The fourth-order valence-electron chi connectivity index (χ4n) is 1.80. The quantitative estimate of drug-likeness (QED) is 0.544. The number of hydrogen-bond donors (Lipinski definition) is 0. The van der Waals surface area contributed by atoms with E-state index >= 15 is 0 Å². The summed E-state index contributed by atoms with van der Waals surface area (Å²) in [6, 6.07) is 7.25. The molecule has 0 bridgehead atoms. The summed E-state index contributed by atoms with van der Waals surface area (Å²) in [6.07, 6.45) is -4.94. The highest BCUT2D eigenvalue weighted by atomic mass is 35.5. The van der Waals surface area contributed by atoms with Gasteiger partial charge < -0.3 is 4.74 Å². The first-order chi connectivity index (χ1) is 10.2. The molecule has 9 heteroatoms. The Kier molecular flexibility index (Phi) is 4.48. The molecule has 0 saturated carbocycles. The molecule has 2 aromatic rings. The van der Waals surface area contributed by atoms with Crippen LogP contribution in [0.5, 0.6) is 5.75 Å². The van der Waals surface area contributed by atoms with Crippen LogP contribution < -0.4 is 4.74 Å². The van der Waals surface area contributed by atoms with Gasteiger partial charge in [0.2, 0.25) is 0 Å². The van der Waals surface area contributed by atoms with E-state index in [1.165, 1.54) is 18.2 Å². The first-order valence-corrected chi connectivity index (χ1v) is 6.43. The van der Waals surface area contributed by atoms with Gasteiger partial charge in [-0.25, -0.2) is 0 Å². The van der Waals surface area contributed by atoms with Gasteiger partial charge >= 0.3 is 6.36 Å². The highest BCUT2D eigenvalue weighted by Crippen LogP contribution is 2.40. The Hall–Kier alpha value is -1.99. The molecule has 2 rings (SSSR count). The number of rotatable bonds is 3. The summed E-state index contributed by atoms with van der Waals surface area (Å²) in [5, 5.41) is 11.3. The monoisotopic (exact) mass is 351 g/mol. The molecule has 0 radical (unpaired) electrons. The number of nitro groups is 1. The van der Waals surface area contributed by atoms with E-state index < -0.39 is 22.7 Å². The van der Waals surface area contributed by atoms with E-state index in [-0.39, 0.29) is 21.2 Å². The molecular formula is C13H6Cl2F3NO3. The Bertz CT molecular complexity index is 735. The maximum Gasteiger partial charge on any atom is 0.573 e. The Morgan fingerprint density at radius 1 is 1.09 bits per heavy atom. The van der Waals surface area contributed by atoms with Gasteiger partial charge in [0, 0.05) is 5.56 Å². The zero-order valence-electron chi connectivity index (χ0n) is 10.5. The lowest BCUT2D eigenvalue weighted by Gasteiger charge is -2.11. The average Bonchev–Trinajstić information content (AvgIpc) is 2.40. The first kappa shape index (κ1) is 16.4. The van der Waals surface area contributed by atoms with Crippen LogP contribution in [0.4, 0.5) is 18.9 Å². The van der Waals surface area contributed by atoms with Crippen molar-refractivity contribution in [3.63, 3.8) is 0 Å². The minimum atomic E-state index is -4.94. The molecule has 0 N–H and O–H groups in total. The van der Waals surface area contributed by atoms with Gasteiger partial charge in [-0.05, 0) is 18.2 Å². The summed E-state index contributed by atoms with van der Waals surface area (Å²) in [6.45, 7) is 0. The molecule has 2 aromatic carbocycles. The van der Waals surface area contributed by atoms with Crippen LogP contribution in [0, 0.1) is 10.1 Å². The second-order valence-electron chi connectivity index (χ2n) is 4.09. The van der Waals surface area contributed by atoms with Crippen LogP contribution in [0.2, 0.25) is 10.0 Å². The second-order valence-corrected chi connectivity index (χ2v) is 4.87. The van der Waals surface area contributed by atoms with Gasteiger partial charge in [0.05, 0.1) is 26.6 Å². The molecule has 0 aliphatic rings. The molecule has 4 nitrogen and oxygen atoms in total. The Labute approximate surface area is 132 Å². The minimum Gasteiger partial charge on any atom is -0.406 e. The van der Waals surface area contributed by atoms with Crippen LogP contribution in [0.25, 0.3) is 11.1 Å². The number of nitrogens with zero attached hydrogens (tertiary/aromatic N) is 1. The van der Waals surface area contributed by atoms with E-state index in [2.05, 4.69) is 4.74 Å². The summed E-state index contributed by atoms with van der Waals surface area (Å²) in [5.74, 6) is -0.693. The fraction of sp³-hybridized carbons (Fsp3) is 0.0769. The number of ether oxygens (including phenoxy) is 1. The van der Waals surface area contributed by atoms with Crippen LogP contribution in [-0.2, 0) is 0 Å². The lowest BCUT2D eigenvalue weighted by atomic mass is 10.0. The Balaban J connectivity index is 2.57. The molecule has 0 spiro atoms. The molecule has 0 aromatic heterocycles.